The van der Waals surface area contributed by atoms with Gasteiger partial charge in [-0.2, -0.15) is 0 Å². The second-order valence-corrected chi connectivity index (χ2v) is 6.19. The molecule has 2 fully saturated rings. The zero-order chi connectivity index (χ0) is 14.7. The first kappa shape index (κ1) is 14.4. The highest BCUT2D eigenvalue weighted by atomic mass is 16.5. The summed E-state index contributed by atoms with van der Waals surface area (Å²) in [6.45, 7) is 0. The van der Waals surface area contributed by atoms with Crippen molar-refractivity contribution in [2.45, 2.75) is 56.7 Å². The molecule has 0 radical (unpaired) electrons. The van der Waals surface area contributed by atoms with Crippen molar-refractivity contribution in [2.75, 3.05) is 7.11 Å². The van der Waals surface area contributed by atoms with Crippen molar-refractivity contribution < 1.29 is 9.53 Å². The van der Waals surface area contributed by atoms with Gasteiger partial charge in [0.15, 0.2) is 0 Å². The SMILES string of the molecule is COc1ccccc1CCC(=O)NC1CC2CCC(C1)N2. The summed E-state index contributed by atoms with van der Waals surface area (Å²) in [5.74, 6) is 1.03. The van der Waals surface area contributed by atoms with Crippen LogP contribution in [0.4, 0.5) is 0 Å². The largest absolute Gasteiger partial charge is 0.496 e. The van der Waals surface area contributed by atoms with Crippen molar-refractivity contribution in [2.24, 2.45) is 0 Å². The molecular weight excluding hydrogens is 264 g/mol. The van der Waals surface area contributed by atoms with Crippen molar-refractivity contribution >= 4 is 5.91 Å². The fraction of sp³-hybridized carbons (Fsp3) is 0.588. The average molecular weight is 288 g/mol. The number of hydrogen-bond donors (Lipinski definition) is 2. The molecule has 1 aromatic rings. The van der Waals surface area contributed by atoms with Gasteiger partial charge in [0, 0.05) is 24.5 Å². The maximum absolute atomic E-state index is 12.1. The molecule has 2 N–H and O–H groups in total. The first-order chi connectivity index (χ1) is 10.2. The molecule has 1 amide bonds. The number of nitrogens with one attached hydrogen (secondary N) is 2. The lowest BCUT2D eigenvalue weighted by molar-refractivity contribution is -0.122. The minimum absolute atomic E-state index is 0.159. The van der Waals surface area contributed by atoms with Crippen LogP contribution in [-0.2, 0) is 11.2 Å². The second kappa shape index (κ2) is 6.48. The van der Waals surface area contributed by atoms with Gasteiger partial charge in [-0.25, -0.2) is 0 Å². The van der Waals surface area contributed by atoms with Gasteiger partial charge in [-0.15, -0.1) is 0 Å². The molecule has 114 valence electrons. The molecule has 2 unspecified atom stereocenters. The lowest BCUT2D eigenvalue weighted by Gasteiger charge is -2.29. The number of rotatable bonds is 5. The number of aryl methyl sites for hydroxylation is 1. The number of methoxy groups -OCH3 is 1. The summed E-state index contributed by atoms with van der Waals surface area (Å²) in [6, 6.07) is 9.49. The van der Waals surface area contributed by atoms with Gasteiger partial charge in [-0.3, -0.25) is 4.79 Å². The standard InChI is InChI=1S/C17H24N2O2/c1-21-16-5-3-2-4-12(16)6-9-17(20)19-15-10-13-7-8-14(11-15)18-13/h2-5,13-15,18H,6-11H2,1H3,(H,19,20). The van der Waals surface area contributed by atoms with Crippen LogP contribution in [0.1, 0.15) is 37.7 Å². The molecule has 0 saturated carbocycles. The summed E-state index contributed by atoms with van der Waals surface area (Å²) in [6.07, 6.45) is 5.94. The zero-order valence-electron chi connectivity index (χ0n) is 12.6. The molecule has 2 aliphatic rings. The van der Waals surface area contributed by atoms with Crippen LogP contribution in [0.2, 0.25) is 0 Å². The predicted molar refractivity (Wildman–Crippen MR) is 82.4 cm³/mol. The van der Waals surface area contributed by atoms with Crippen molar-refractivity contribution in [1.29, 1.82) is 0 Å². The number of fused-ring (bicyclic) bond motifs is 2. The van der Waals surface area contributed by atoms with Crippen LogP contribution in [0.3, 0.4) is 0 Å². The van der Waals surface area contributed by atoms with Gasteiger partial charge in [0.25, 0.3) is 0 Å². The third-order valence-corrected chi connectivity index (χ3v) is 4.65. The molecule has 21 heavy (non-hydrogen) atoms. The van der Waals surface area contributed by atoms with E-state index < -0.39 is 0 Å². The number of amides is 1. The summed E-state index contributed by atoms with van der Waals surface area (Å²) in [5, 5.41) is 6.81. The highest BCUT2D eigenvalue weighted by Gasteiger charge is 2.33. The Morgan fingerprint density at radius 1 is 1.29 bits per heavy atom. The molecule has 2 bridgehead atoms. The van der Waals surface area contributed by atoms with E-state index in [0.29, 0.717) is 24.5 Å². The Balaban J connectivity index is 1.48. The number of hydrogen-bond acceptors (Lipinski definition) is 3. The van der Waals surface area contributed by atoms with Crippen LogP contribution in [0.5, 0.6) is 5.75 Å². The molecule has 2 atom stereocenters. The third-order valence-electron chi connectivity index (χ3n) is 4.65. The smallest absolute Gasteiger partial charge is 0.220 e. The van der Waals surface area contributed by atoms with Crippen molar-refractivity contribution in [3.05, 3.63) is 29.8 Å². The van der Waals surface area contributed by atoms with Crippen LogP contribution >= 0.6 is 0 Å². The van der Waals surface area contributed by atoms with E-state index in [2.05, 4.69) is 10.6 Å². The maximum atomic E-state index is 12.1. The minimum atomic E-state index is 0.159. The highest BCUT2D eigenvalue weighted by molar-refractivity contribution is 5.76. The Kier molecular flexibility index (Phi) is 4.44. The zero-order valence-corrected chi connectivity index (χ0v) is 12.6. The van der Waals surface area contributed by atoms with Crippen LogP contribution < -0.4 is 15.4 Å². The molecular formula is C17H24N2O2. The summed E-state index contributed by atoms with van der Waals surface area (Å²) >= 11 is 0. The van der Waals surface area contributed by atoms with E-state index in [-0.39, 0.29) is 5.91 Å². The Morgan fingerprint density at radius 2 is 2.00 bits per heavy atom. The summed E-state index contributed by atoms with van der Waals surface area (Å²) in [4.78, 5) is 12.1. The van der Waals surface area contributed by atoms with Crippen molar-refractivity contribution in [1.82, 2.24) is 10.6 Å². The molecule has 3 rings (SSSR count). The van der Waals surface area contributed by atoms with Gasteiger partial charge >= 0.3 is 0 Å². The summed E-state index contributed by atoms with van der Waals surface area (Å²) in [7, 11) is 1.67. The van der Waals surface area contributed by atoms with Crippen molar-refractivity contribution in [3.8, 4) is 5.75 Å². The number of piperidine rings is 1. The molecule has 1 aromatic carbocycles. The normalized spacial score (nSPS) is 27.4. The van der Waals surface area contributed by atoms with Crippen LogP contribution in [0.25, 0.3) is 0 Å². The molecule has 0 spiro atoms. The van der Waals surface area contributed by atoms with Crippen LogP contribution in [0.15, 0.2) is 24.3 Å². The maximum Gasteiger partial charge on any atom is 0.220 e. The number of carbonyl (C=O) groups excluding carboxylic acids is 1. The predicted octanol–water partition coefficient (Wildman–Crippen LogP) is 2.03. The van der Waals surface area contributed by atoms with Gasteiger partial charge in [0.1, 0.15) is 5.75 Å². The van der Waals surface area contributed by atoms with E-state index in [1.54, 1.807) is 7.11 Å². The summed E-state index contributed by atoms with van der Waals surface area (Å²) in [5.41, 5.74) is 1.10. The average Bonchev–Trinajstić information content (AvgIpc) is 2.84. The van der Waals surface area contributed by atoms with Crippen molar-refractivity contribution in [3.63, 3.8) is 0 Å². The van der Waals surface area contributed by atoms with E-state index in [9.17, 15) is 4.79 Å². The number of carbonyl (C=O) groups is 1. The first-order valence-electron chi connectivity index (χ1n) is 7.92. The van der Waals surface area contributed by atoms with Crippen LogP contribution in [-0.4, -0.2) is 31.1 Å². The van der Waals surface area contributed by atoms with Gasteiger partial charge in [-0.05, 0) is 43.7 Å². The molecule has 2 saturated heterocycles. The van der Waals surface area contributed by atoms with Gasteiger partial charge < -0.3 is 15.4 Å². The number of benzene rings is 1. The van der Waals surface area contributed by atoms with E-state index in [1.165, 1.54) is 12.8 Å². The highest BCUT2D eigenvalue weighted by Crippen LogP contribution is 2.27. The summed E-state index contributed by atoms with van der Waals surface area (Å²) < 4.78 is 5.32. The topological polar surface area (TPSA) is 50.4 Å². The lowest BCUT2D eigenvalue weighted by atomic mass is 9.99. The fourth-order valence-electron chi connectivity index (χ4n) is 3.63. The molecule has 4 heteroatoms. The molecule has 2 aliphatic heterocycles. The Bertz CT molecular complexity index is 491. The quantitative estimate of drug-likeness (QED) is 0.871. The Labute approximate surface area is 126 Å². The van der Waals surface area contributed by atoms with E-state index in [1.807, 2.05) is 24.3 Å². The molecule has 0 aromatic heterocycles. The third kappa shape index (κ3) is 3.56. The number of para-hydroxylation sites is 1. The Morgan fingerprint density at radius 3 is 2.71 bits per heavy atom. The van der Waals surface area contributed by atoms with E-state index in [4.69, 9.17) is 4.74 Å². The second-order valence-electron chi connectivity index (χ2n) is 6.19. The van der Waals surface area contributed by atoms with E-state index in [0.717, 1.165) is 30.6 Å². The molecule has 4 nitrogen and oxygen atoms in total. The molecule has 2 heterocycles. The minimum Gasteiger partial charge on any atom is -0.496 e. The van der Waals surface area contributed by atoms with E-state index >= 15 is 0 Å². The first-order valence-corrected chi connectivity index (χ1v) is 7.92. The Hall–Kier alpha value is -1.55. The lowest BCUT2D eigenvalue weighted by Crippen LogP contribution is -2.48. The number of ether oxygens (including phenoxy) is 1. The van der Waals surface area contributed by atoms with Gasteiger partial charge in [0.05, 0.1) is 7.11 Å². The van der Waals surface area contributed by atoms with Crippen LogP contribution in [0, 0.1) is 0 Å². The van der Waals surface area contributed by atoms with Gasteiger partial charge in [0.2, 0.25) is 5.91 Å². The monoisotopic (exact) mass is 288 g/mol. The fourth-order valence-corrected chi connectivity index (χ4v) is 3.63. The molecule has 0 aliphatic carbocycles. The van der Waals surface area contributed by atoms with Gasteiger partial charge in [-0.1, -0.05) is 18.2 Å².